The van der Waals surface area contributed by atoms with E-state index in [0.29, 0.717) is 17.4 Å². The topological polar surface area (TPSA) is 108 Å². The molecule has 1 N–H and O–H groups in total. The van der Waals surface area contributed by atoms with Gasteiger partial charge >= 0.3 is 19.8 Å². The van der Waals surface area contributed by atoms with E-state index in [2.05, 4.69) is 62.5 Å². The van der Waals surface area contributed by atoms with E-state index in [1.807, 2.05) is 21.1 Å². The van der Waals surface area contributed by atoms with Crippen LogP contribution in [-0.4, -0.2) is 74.9 Å². The number of rotatable bonds is 37. The van der Waals surface area contributed by atoms with Crippen molar-refractivity contribution >= 4 is 19.8 Å². The number of nitrogens with zero attached hydrogens (tertiary/aromatic N) is 1. The smallest absolute Gasteiger partial charge is 0.462 e. The van der Waals surface area contributed by atoms with Gasteiger partial charge in [0.25, 0.3) is 0 Å². The van der Waals surface area contributed by atoms with Gasteiger partial charge in [0.05, 0.1) is 27.7 Å². The minimum absolute atomic E-state index is 0.0244. The number of unbranched alkanes of at least 4 members (excludes halogenated alkanes) is 15. The first kappa shape index (κ1) is 51.0. The summed E-state index contributed by atoms with van der Waals surface area (Å²) in [7, 11) is 1.45. The monoisotopic (exact) mass is 769 g/mol. The molecule has 308 valence electrons. The molecule has 0 aliphatic carbocycles. The Morgan fingerprint density at radius 3 is 1.55 bits per heavy atom. The summed E-state index contributed by atoms with van der Waals surface area (Å²) < 4.78 is 34.2. The normalized spacial score (nSPS) is 14.2. The summed E-state index contributed by atoms with van der Waals surface area (Å²) in [6, 6.07) is 0. The Morgan fingerprint density at radius 2 is 1.02 bits per heavy atom. The highest BCUT2D eigenvalue weighted by Crippen LogP contribution is 2.43. The number of ether oxygens (including phenoxy) is 2. The molecule has 0 aromatic carbocycles. The van der Waals surface area contributed by atoms with E-state index in [9.17, 15) is 19.0 Å². The first-order chi connectivity index (χ1) is 25.5. The molecular formula is C43H79NO8P+. The fraction of sp³-hybridized carbons (Fsp3) is 0.767. The molecule has 0 rings (SSSR count). The number of carbonyl (C=O) groups excluding carboxylic acids is 2. The van der Waals surface area contributed by atoms with Gasteiger partial charge in [-0.2, -0.15) is 0 Å². The maximum absolute atomic E-state index is 12.6. The van der Waals surface area contributed by atoms with Crippen molar-refractivity contribution in [2.24, 2.45) is 0 Å². The van der Waals surface area contributed by atoms with Gasteiger partial charge < -0.3 is 18.9 Å². The summed E-state index contributed by atoms with van der Waals surface area (Å²) in [5.41, 5.74) is 0. The van der Waals surface area contributed by atoms with Crippen molar-refractivity contribution in [3.05, 3.63) is 48.6 Å². The van der Waals surface area contributed by atoms with E-state index in [4.69, 9.17) is 18.5 Å². The van der Waals surface area contributed by atoms with Crippen LogP contribution in [0.2, 0.25) is 0 Å². The highest BCUT2D eigenvalue weighted by Gasteiger charge is 2.27. The van der Waals surface area contributed by atoms with Gasteiger partial charge in [-0.15, -0.1) is 0 Å². The minimum Gasteiger partial charge on any atom is -0.462 e. The van der Waals surface area contributed by atoms with Crippen molar-refractivity contribution in [2.45, 2.75) is 168 Å². The number of esters is 2. The predicted molar refractivity (Wildman–Crippen MR) is 220 cm³/mol. The van der Waals surface area contributed by atoms with Crippen LogP contribution in [0.15, 0.2) is 48.6 Å². The van der Waals surface area contributed by atoms with Gasteiger partial charge in [-0.3, -0.25) is 18.6 Å². The van der Waals surface area contributed by atoms with Gasteiger partial charge in [0.2, 0.25) is 0 Å². The number of phosphoric acid groups is 1. The molecule has 0 aliphatic rings. The van der Waals surface area contributed by atoms with Crippen LogP contribution in [0, 0.1) is 0 Å². The van der Waals surface area contributed by atoms with Crippen LogP contribution in [0.25, 0.3) is 0 Å². The number of likely N-dealkylation sites (N-methyl/N-ethyl adjacent to an activating group) is 1. The van der Waals surface area contributed by atoms with E-state index in [1.54, 1.807) is 0 Å². The van der Waals surface area contributed by atoms with E-state index >= 15 is 0 Å². The SMILES string of the molecule is CCCCC/C=C\C/C=C\C/C=C\C/C=C\CCCCCC(=O)O[C@H](COC(=O)CCCCCCCCCCCC)COP(=O)(O)OCC[N+](C)(C)C. The van der Waals surface area contributed by atoms with Gasteiger partial charge in [-0.05, 0) is 57.8 Å². The van der Waals surface area contributed by atoms with Crippen LogP contribution in [0.1, 0.15) is 162 Å². The summed E-state index contributed by atoms with van der Waals surface area (Å²) in [5.74, 6) is -0.838. The van der Waals surface area contributed by atoms with Crippen LogP contribution in [0.3, 0.4) is 0 Å². The summed E-state index contributed by atoms with van der Waals surface area (Å²) in [6.45, 7) is 4.33. The largest absolute Gasteiger partial charge is 0.472 e. The molecule has 0 saturated carbocycles. The zero-order valence-electron chi connectivity index (χ0n) is 34.5. The fourth-order valence-corrected chi connectivity index (χ4v) is 6.03. The van der Waals surface area contributed by atoms with Gasteiger partial charge in [0.15, 0.2) is 6.10 Å². The Balaban J connectivity index is 4.44. The molecule has 0 fully saturated rings. The fourth-order valence-electron chi connectivity index (χ4n) is 5.29. The van der Waals surface area contributed by atoms with Crippen LogP contribution in [-0.2, 0) is 32.7 Å². The van der Waals surface area contributed by atoms with E-state index in [1.165, 1.54) is 70.6 Å². The second-order valence-electron chi connectivity index (χ2n) is 15.0. The molecule has 0 aliphatic heterocycles. The van der Waals surface area contributed by atoms with Crippen molar-refractivity contribution in [3.8, 4) is 0 Å². The number of hydrogen-bond donors (Lipinski definition) is 1. The van der Waals surface area contributed by atoms with Crippen LogP contribution in [0.5, 0.6) is 0 Å². The first-order valence-electron chi connectivity index (χ1n) is 20.9. The van der Waals surface area contributed by atoms with Gasteiger partial charge in [0, 0.05) is 12.8 Å². The van der Waals surface area contributed by atoms with Crippen LogP contribution >= 0.6 is 7.82 Å². The van der Waals surface area contributed by atoms with Crippen LogP contribution < -0.4 is 0 Å². The van der Waals surface area contributed by atoms with Crippen molar-refractivity contribution < 1.29 is 42.1 Å². The quantitative estimate of drug-likeness (QED) is 0.0219. The second kappa shape index (κ2) is 35.7. The third-order valence-electron chi connectivity index (χ3n) is 8.61. The lowest BCUT2D eigenvalue weighted by atomic mass is 10.1. The summed E-state index contributed by atoms with van der Waals surface area (Å²) in [6.07, 6.45) is 40.2. The van der Waals surface area contributed by atoms with Gasteiger partial charge in [-0.1, -0.05) is 140 Å². The highest BCUT2D eigenvalue weighted by molar-refractivity contribution is 7.47. The van der Waals surface area contributed by atoms with Crippen molar-refractivity contribution in [1.29, 1.82) is 0 Å². The second-order valence-corrected chi connectivity index (χ2v) is 16.5. The molecule has 0 spiro atoms. The highest BCUT2D eigenvalue weighted by atomic mass is 31.2. The van der Waals surface area contributed by atoms with Crippen molar-refractivity contribution in [1.82, 2.24) is 0 Å². The standard InChI is InChI=1S/C43H78NO8P/c1-6-8-10-12-14-16-18-19-20-21-22-23-24-25-26-28-30-32-34-36-43(46)52-41(40-51-53(47,48)50-38-37-44(3,4)5)39-49-42(45)35-33-31-29-27-17-15-13-11-9-7-2/h14,16,19-20,22-23,25-26,41H,6-13,15,17-18,21,24,27-40H2,1-5H3/p+1/b16-14-,20-19-,23-22-,26-25-/t41-/m1/s1. The Kier molecular flexibility index (Phi) is 34.3. The lowest BCUT2D eigenvalue weighted by molar-refractivity contribution is -0.870. The molecule has 0 radical (unpaired) electrons. The molecular weight excluding hydrogens is 689 g/mol. The molecule has 10 heteroatoms. The summed E-state index contributed by atoms with van der Waals surface area (Å²) in [5, 5.41) is 0. The average Bonchev–Trinajstić information content (AvgIpc) is 3.10. The molecule has 0 amide bonds. The van der Waals surface area contributed by atoms with Gasteiger partial charge in [0.1, 0.15) is 19.8 Å². The Morgan fingerprint density at radius 1 is 0.585 bits per heavy atom. The minimum atomic E-state index is -4.38. The lowest BCUT2D eigenvalue weighted by Gasteiger charge is -2.24. The Labute approximate surface area is 324 Å². The average molecular weight is 769 g/mol. The third-order valence-corrected chi connectivity index (χ3v) is 9.60. The number of hydrogen-bond acceptors (Lipinski definition) is 7. The number of quaternary nitrogens is 1. The summed E-state index contributed by atoms with van der Waals surface area (Å²) >= 11 is 0. The van der Waals surface area contributed by atoms with E-state index in [-0.39, 0.29) is 32.0 Å². The molecule has 0 bridgehead atoms. The maximum Gasteiger partial charge on any atom is 0.472 e. The molecule has 1 unspecified atom stereocenters. The Hall–Kier alpha value is -2.03. The van der Waals surface area contributed by atoms with E-state index < -0.39 is 26.5 Å². The lowest BCUT2D eigenvalue weighted by Crippen LogP contribution is -2.37. The van der Waals surface area contributed by atoms with Crippen molar-refractivity contribution in [2.75, 3.05) is 47.5 Å². The van der Waals surface area contributed by atoms with Gasteiger partial charge in [-0.25, -0.2) is 4.57 Å². The summed E-state index contributed by atoms with van der Waals surface area (Å²) in [4.78, 5) is 35.2. The number of allylic oxidation sites excluding steroid dienone is 8. The number of phosphoric ester groups is 1. The third kappa shape index (κ3) is 39.5. The molecule has 53 heavy (non-hydrogen) atoms. The zero-order valence-corrected chi connectivity index (χ0v) is 35.4. The maximum atomic E-state index is 12.6. The first-order valence-corrected chi connectivity index (χ1v) is 22.4. The molecule has 0 aromatic heterocycles. The molecule has 9 nitrogen and oxygen atoms in total. The van der Waals surface area contributed by atoms with Crippen LogP contribution in [0.4, 0.5) is 0 Å². The predicted octanol–water partition coefficient (Wildman–Crippen LogP) is 11.5. The molecule has 0 saturated heterocycles. The number of carbonyl (C=O) groups is 2. The molecule has 0 aromatic rings. The molecule has 2 atom stereocenters. The van der Waals surface area contributed by atoms with Crippen molar-refractivity contribution in [3.63, 3.8) is 0 Å². The van der Waals surface area contributed by atoms with E-state index in [0.717, 1.165) is 57.8 Å². The Bertz CT molecular complexity index is 1050. The zero-order chi connectivity index (χ0) is 39.3. The molecule has 0 heterocycles.